The molecule has 1 aromatic heterocycles. The van der Waals surface area contributed by atoms with Crippen molar-refractivity contribution in [1.29, 1.82) is 0 Å². The van der Waals surface area contributed by atoms with E-state index in [-0.39, 0.29) is 18.2 Å². The SMILES string of the molecule is CCn1nc(C)c(CNC(=O)C[C@H]2C(=O)NCCN2CCCc2ccccc2)c1C. The van der Waals surface area contributed by atoms with E-state index in [1.54, 1.807) is 0 Å². The Bertz CT molecular complexity index is 862. The van der Waals surface area contributed by atoms with Crippen LogP contribution in [0.2, 0.25) is 0 Å². The molecule has 2 heterocycles. The minimum atomic E-state index is -0.407. The van der Waals surface area contributed by atoms with Gasteiger partial charge in [-0.25, -0.2) is 0 Å². The van der Waals surface area contributed by atoms with E-state index in [1.165, 1.54) is 5.56 Å². The second-order valence-corrected chi connectivity index (χ2v) is 7.88. The van der Waals surface area contributed by atoms with Crippen LogP contribution >= 0.6 is 0 Å². The normalized spacial score (nSPS) is 17.0. The van der Waals surface area contributed by atoms with Gasteiger partial charge < -0.3 is 10.6 Å². The fourth-order valence-corrected chi connectivity index (χ4v) is 4.12. The van der Waals surface area contributed by atoms with Crippen LogP contribution in [0.4, 0.5) is 0 Å². The summed E-state index contributed by atoms with van der Waals surface area (Å²) in [5, 5.41) is 10.4. The standard InChI is InChI=1S/C23H33N5O2/c1-4-28-18(3)20(17(2)26-28)16-25-22(29)15-21-23(30)24-12-14-27(21)13-8-11-19-9-6-5-7-10-19/h5-7,9-10,21H,4,8,11-16H2,1-3H3,(H,24,30)(H,25,29)/t21-/m0/s1. The maximum atomic E-state index is 12.6. The molecule has 0 aliphatic carbocycles. The van der Waals surface area contributed by atoms with Gasteiger partial charge in [-0.15, -0.1) is 0 Å². The summed E-state index contributed by atoms with van der Waals surface area (Å²) in [6.07, 6.45) is 2.11. The zero-order chi connectivity index (χ0) is 21.5. The van der Waals surface area contributed by atoms with Crippen molar-refractivity contribution >= 4 is 11.8 Å². The highest BCUT2D eigenvalue weighted by Gasteiger charge is 2.31. The van der Waals surface area contributed by atoms with Crippen LogP contribution in [-0.2, 0) is 29.1 Å². The molecule has 2 N–H and O–H groups in total. The maximum absolute atomic E-state index is 12.6. The minimum Gasteiger partial charge on any atom is -0.353 e. The molecule has 1 atom stereocenters. The van der Waals surface area contributed by atoms with Gasteiger partial charge in [-0.2, -0.15) is 5.10 Å². The van der Waals surface area contributed by atoms with Crippen LogP contribution in [0.3, 0.4) is 0 Å². The van der Waals surface area contributed by atoms with Crippen molar-refractivity contribution in [3.63, 3.8) is 0 Å². The van der Waals surface area contributed by atoms with Crippen molar-refractivity contribution in [1.82, 2.24) is 25.3 Å². The lowest BCUT2D eigenvalue weighted by molar-refractivity contribution is -0.134. The number of aromatic nitrogens is 2. The number of carbonyl (C=O) groups excluding carboxylic acids is 2. The zero-order valence-corrected chi connectivity index (χ0v) is 18.3. The molecule has 1 aliphatic rings. The van der Waals surface area contributed by atoms with Gasteiger partial charge >= 0.3 is 0 Å². The Morgan fingerprint density at radius 2 is 2.03 bits per heavy atom. The third-order valence-corrected chi connectivity index (χ3v) is 5.87. The number of carbonyl (C=O) groups is 2. The maximum Gasteiger partial charge on any atom is 0.237 e. The molecule has 162 valence electrons. The van der Waals surface area contributed by atoms with Crippen molar-refractivity contribution in [2.45, 2.75) is 59.2 Å². The molecule has 0 saturated carbocycles. The Balaban J connectivity index is 1.53. The van der Waals surface area contributed by atoms with Gasteiger partial charge in [0.05, 0.1) is 18.2 Å². The fourth-order valence-electron chi connectivity index (χ4n) is 4.12. The molecule has 1 fully saturated rings. The number of amides is 2. The van der Waals surface area contributed by atoms with E-state index in [1.807, 2.05) is 36.7 Å². The van der Waals surface area contributed by atoms with Gasteiger partial charge in [0.15, 0.2) is 0 Å². The first kappa shape index (κ1) is 22.0. The number of nitrogens with zero attached hydrogens (tertiary/aromatic N) is 3. The van der Waals surface area contributed by atoms with E-state index >= 15 is 0 Å². The van der Waals surface area contributed by atoms with Crippen molar-refractivity contribution < 1.29 is 9.59 Å². The van der Waals surface area contributed by atoms with E-state index in [9.17, 15) is 9.59 Å². The van der Waals surface area contributed by atoms with Crippen LogP contribution in [0.5, 0.6) is 0 Å². The lowest BCUT2D eigenvalue weighted by atomic mass is 10.1. The van der Waals surface area contributed by atoms with Crippen LogP contribution in [0.25, 0.3) is 0 Å². The number of hydrogen-bond acceptors (Lipinski definition) is 4. The van der Waals surface area contributed by atoms with Crippen LogP contribution in [-0.4, -0.2) is 52.2 Å². The third-order valence-electron chi connectivity index (χ3n) is 5.87. The molecule has 1 aliphatic heterocycles. The number of piperazine rings is 1. The van der Waals surface area contributed by atoms with E-state index in [4.69, 9.17) is 0 Å². The Morgan fingerprint density at radius 1 is 1.27 bits per heavy atom. The Hall–Kier alpha value is -2.67. The Morgan fingerprint density at radius 3 is 2.73 bits per heavy atom. The van der Waals surface area contributed by atoms with Crippen LogP contribution in [0, 0.1) is 13.8 Å². The summed E-state index contributed by atoms with van der Waals surface area (Å²) in [7, 11) is 0. The highest BCUT2D eigenvalue weighted by molar-refractivity contribution is 5.88. The van der Waals surface area contributed by atoms with E-state index in [2.05, 4.69) is 39.7 Å². The highest BCUT2D eigenvalue weighted by Crippen LogP contribution is 2.14. The molecule has 7 nitrogen and oxygen atoms in total. The van der Waals surface area contributed by atoms with Crippen molar-refractivity contribution in [3.05, 3.63) is 52.8 Å². The second-order valence-electron chi connectivity index (χ2n) is 7.88. The van der Waals surface area contributed by atoms with E-state index in [0.29, 0.717) is 13.1 Å². The van der Waals surface area contributed by atoms with E-state index in [0.717, 1.165) is 49.4 Å². The first-order chi connectivity index (χ1) is 14.5. The molecule has 1 aromatic carbocycles. The predicted molar refractivity (Wildman–Crippen MR) is 117 cm³/mol. The molecular formula is C23H33N5O2. The smallest absolute Gasteiger partial charge is 0.237 e. The molecule has 2 aromatic rings. The lowest BCUT2D eigenvalue weighted by Crippen LogP contribution is -2.56. The largest absolute Gasteiger partial charge is 0.353 e. The van der Waals surface area contributed by atoms with Crippen molar-refractivity contribution in [3.8, 4) is 0 Å². The summed E-state index contributed by atoms with van der Waals surface area (Å²) in [5.74, 6) is -0.157. The van der Waals surface area contributed by atoms with Gasteiger partial charge in [0.1, 0.15) is 0 Å². The van der Waals surface area contributed by atoms with Crippen LogP contribution < -0.4 is 10.6 Å². The molecule has 3 rings (SSSR count). The quantitative estimate of drug-likeness (QED) is 0.661. The molecule has 0 spiro atoms. The van der Waals surface area contributed by atoms with Crippen LogP contribution in [0.15, 0.2) is 30.3 Å². The molecule has 2 amide bonds. The number of rotatable bonds is 9. The van der Waals surface area contributed by atoms with E-state index < -0.39 is 6.04 Å². The number of benzene rings is 1. The van der Waals surface area contributed by atoms with Gasteiger partial charge in [0.25, 0.3) is 0 Å². The third kappa shape index (κ3) is 5.48. The summed E-state index contributed by atoms with van der Waals surface area (Å²) in [4.78, 5) is 27.2. The summed E-state index contributed by atoms with van der Waals surface area (Å²) < 4.78 is 1.94. The summed E-state index contributed by atoms with van der Waals surface area (Å²) in [5.41, 5.74) is 4.37. The number of hydrogen-bond donors (Lipinski definition) is 2. The van der Waals surface area contributed by atoms with Gasteiger partial charge in [-0.3, -0.25) is 19.2 Å². The average molecular weight is 412 g/mol. The molecule has 1 saturated heterocycles. The number of aryl methyl sites for hydroxylation is 3. The summed E-state index contributed by atoms with van der Waals surface area (Å²) in [6, 6.07) is 9.95. The minimum absolute atomic E-state index is 0.0534. The topological polar surface area (TPSA) is 79.3 Å². The van der Waals surface area contributed by atoms with Gasteiger partial charge in [0, 0.05) is 37.4 Å². The number of nitrogens with one attached hydrogen (secondary N) is 2. The molecule has 7 heteroatoms. The monoisotopic (exact) mass is 411 g/mol. The van der Waals surface area contributed by atoms with Gasteiger partial charge in [-0.05, 0) is 45.7 Å². The van der Waals surface area contributed by atoms with Gasteiger partial charge in [0.2, 0.25) is 11.8 Å². The molecular weight excluding hydrogens is 378 g/mol. The van der Waals surface area contributed by atoms with Gasteiger partial charge in [-0.1, -0.05) is 30.3 Å². The molecule has 0 bridgehead atoms. The summed E-state index contributed by atoms with van der Waals surface area (Å²) >= 11 is 0. The average Bonchev–Trinajstić information content (AvgIpc) is 3.02. The second kappa shape index (κ2) is 10.4. The van der Waals surface area contributed by atoms with Crippen molar-refractivity contribution in [2.24, 2.45) is 0 Å². The zero-order valence-electron chi connectivity index (χ0n) is 18.3. The summed E-state index contributed by atoms with van der Waals surface area (Å²) in [6.45, 7) is 9.51. The Kier molecular flexibility index (Phi) is 7.63. The Labute approximate surface area is 178 Å². The predicted octanol–water partition coefficient (Wildman–Crippen LogP) is 1.96. The van der Waals surface area contributed by atoms with Crippen LogP contribution in [0.1, 0.15) is 42.3 Å². The lowest BCUT2D eigenvalue weighted by Gasteiger charge is -2.34. The first-order valence-electron chi connectivity index (χ1n) is 10.8. The molecule has 0 unspecified atom stereocenters. The first-order valence-corrected chi connectivity index (χ1v) is 10.8. The fraction of sp³-hybridized carbons (Fsp3) is 0.522. The van der Waals surface area contributed by atoms with Crippen molar-refractivity contribution in [2.75, 3.05) is 19.6 Å². The molecule has 30 heavy (non-hydrogen) atoms. The molecule has 0 radical (unpaired) electrons. The highest BCUT2D eigenvalue weighted by atomic mass is 16.2.